The van der Waals surface area contributed by atoms with Crippen molar-refractivity contribution in [1.29, 1.82) is 0 Å². The molecule has 0 bridgehead atoms. The second kappa shape index (κ2) is 6.40. The average Bonchev–Trinajstić information content (AvgIpc) is 2.33. The zero-order valence-electron chi connectivity index (χ0n) is 9.94. The van der Waals surface area contributed by atoms with E-state index in [9.17, 15) is 22.8 Å². The van der Waals surface area contributed by atoms with Gasteiger partial charge in [0, 0.05) is 12.0 Å². The van der Waals surface area contributed by atoms with Gasteiger partial charge in [0.15, 0.2) is 0 Å². The van der Waals surface area contributed by atoms with Gasteiger partial charge in [0.2, 0.25) is 0 Å². The SMILES string of the molecule is O=C(O)CCCOC(=O)C1C=CC=C(C(F)(F)F)C1. The van der Waals surface area contributed by atoms with Crippen molar-refractivity contribution in [3.63, 3.8) is 0 Å². The summed E-state index contributed by atoms with van der Waals surface area (Å²) in [6.07, 6.45) is -1.47. The monoisotopic (exact) mass is 278 g/mol. The van der Waals surface area contributed by atoms with Gasteiger partial charge in [-0.3, -0.25) is 9.59 Å². The minimum atomic E-state index is -4.45. The Morgan fingerprint density at radius 2 is 2.11 bits per heavy atom. The number of hydrogen-bond acceptors (Lipinski definition) is 3. The summed E-state index contributed by atoms with van der Waals surface area (Å²) in [4.78, 5) is 21.7. The first-order valence-electron chi connectivity index (χ1n) is 5.63. The molecular weight excluding hydrogens is 265 g/mol. The Morgan fingerprint density at radius 1 is 1.42 bits per heavy atom. The molecule has 0 fully saturated rings. The molecule has 7 heteroatoms. The third-order valence-corrected chi connectivity index (χ3v) is 2.53. The Hall–Kier alpha value is -1.79. The van der Waals surface area contributed by atoms with Gasteiger partial charge in [-0.25, -0.2) is 0 Å². The van der Waals surface area contributed by atoms with Gasteiger partial charge >= 0.3 is 18.1 Å². The minimum absolute atomic E-state index is 0.111. The summed E-state index contributed by atoms with van der Waals surface area (Å²) < 4.78 is 42.1. The van der Waals surface area contributed by atoms with E-state index in [1.165, 1.54) is 12.2 Å². The van der Waals surface area contributed by atoms with Gasteiger partial charge in [-0.1, -0.05) is 18.2 Å². The van der Waals surface area contributed by atoms with Crippen molar-refractivity contribution in [3.05, 3.63) is 23.8 Å². The molecule has 0 spiro atoms. The molecule has 106 valence electrons. The van der Waals surface area contributed by atoms with Gasteiger partial charge in [-0.15, -0.1) is 0 Å². The van der Waals surface area contributed by atoms with Crippen LogP contribution in [0.3, 0.4) is 0 Å². The number of rotatable bonds is 5. The lowest BCUT2D eigenvalue weighted by Gasteiger charge is -2.19. The van der Waals surface area contributed by atoms with Crippen molar-refractivity contribution in [3.8, 4) is 0 Å². The third-order valence-electron chi connectivity index (χ3n) is 2.53. The number of halogens is 3. The topological polar surface area (TPSA) is 63.6 Å². The number of allylic oxidation sites excluding steroid dienone is 3. The largest absolute Gasteiger partial charge is 0.481 e. The number of carbonyl (C=O) groups excluding carboxylic acids is 1. The van der Waals surface area contributed by atoms with Crippen LogP contribution >= 0.6 is 0 Å². The van der Waals surface area contributed by atoms with Crippen LogP contribution in [0.1, 0.15) is 19.3 Å². The van der Waals surface area contributed by atoms with Gasteiger partial charge < -0.3 is 9.84 Å². The molecule has 1 atom stereocenters. The van der Waals surface area contributed by atoms with Crippen LogP contribution in [0.25, 0.3) is 0 Å². The molecule has 19 heavy (non-hydrogen) atoms. The van der Waals surface area contributed by atoms with Crippen molar-refractivity contribution >= 4 is 11.9 Å². The molecule has 0 aliphatic heterocycles. The van der Waals surface area contributed by atoms with Gasteiger partial charge in [-0.05, 0) is 12.8 Å². The summed E-state index contributed by atoms with van der Waals surface area (Å²) in [7, 11) is 0. The van der Waals surface area contributed by atoms with Gasteiger partial charge in [-0.2, -0.15) is 13.2 Å². The van der Waals surface area contributed by atoms with Crippen LogP contribution in [0.2, 0.25) is 0 Å². The van der Waals surface area contributed by atoms with Crippen molar-refractivity contribution < 1.29 is 32.6 Å². The first kappa shape index (κ1) is 15.3. The highest BCUT2D eigenvalue weighted by atomic mass is 19.4. The maximum atomic E-state index is 12.5. The molecule has 0 aromatic heterocycles. The number of esters is 1. The Bertz CT molecular complexity index is 410. The quantitative estimate of drug-likeness (QED) is 0.619. The van der Waals surface area contributed by atoms with E-state index in [2.05, 4.69) is 0 Å². The molecule has 0 heterocycles. The lowest BCUT2D eigenvalue weighted by atomic mass is 9.94. The summed E-state index contributed by atoms with van der Waals surface area (Å²) in [5.41, 5.74) is -0.775. The molecule has 0 saturated heterocycles. The Balaban J connectivity index is 2.41. The van der Waals surface area contributed by atoms with Crippen LogP contribution in [0.4, 0.5) is 13.2 Å². The zero-order chi connectivity index (χ0) is 14.5. The number of ether oxygens (including phenoxy) is 1. The third kappa shape index (κ3) is 5.15. The normalized spacial score (nSPS) is 18.9. The lowest BCUT2D eigenvalue weighted by Crippen LogP contribution is -2.23. The van der Waals surface area contributed by atoms with E-state index in [1.54, 1.807) is 0 Å². The molecular formula is C12H13F3O4. The standard InChI is InChI=1S/C12H13F3O4/c13-12(14,15)9-4-1-3-8(7-9)11(18)19-6-2-5-10(16)17/h1,3-4,8H,2,5-7H2,(H,16,17). The van der Waals surface area contributed by atoms with Crippen LogP contribution in [-0.4, -0.2) is 29.8 Å². The number of carboxylic acid groups (broad SMARTS) is 1. The predicted octanol–water partition coefficient (Wildman–Crippen LogP) is 2.46. The molecule has 1 aliphatic rings. The second-order valence-corrected chi connectivity index (χ2v) is 4.05. The number of carboxylic acids is 1. The van der Waals surface area contributed by atoms with Gasteiger partial charge in [0.1, 0.15) is 0 Å². The highest BCUT2D eigenvalue weighted by molar-refractivity contribution is 5.75. The molecule has 0 radical (unpaired) electrons. The molecule has 4 nitrogen and oxygen atoms in total. The summed E-state index contributed by atoms with van der Waals surface area (Å²) in [5, 5.41) is 8.37. The summed E-state index contributed by atoms with van der Waals surface area (Å²) >= 11 is 0. The second-order valence-electron chi connectivity index (χ2n) is 4.05. The van der Waals surface area contributed by atoms with E-state index in [0.29, 0.717) is 0 Å². The predicted molar refractivity (Wildman–Crippen MR) is 59.2 cm³/mol. The highest BCUT2D eigenvalue weighted by Gasteiger charge is 2.36. The minimum Gasteiger partial charge on any atom is -0.481 e. The van der Waals surface area contributed by atoms with Crippen LogP contribution in [-0.2, 0) is 14.3 Å². The van der Waals surface area contributed by atoms with E-state index in [4.69, 9.17) is 9.84 Å². The van der Waals surface area contributed by atoms with Crippen molar-refractivity contribution in [2.45, 2.75) is 25.4 Å². The maximum absolute atomic E-state index is 12.5. The van der Waals surface area contributed by atoms with E-state index < -0.39 is 36.0 Å². The fraction of sp³-hybridized carbons (Fsp3) is 0.500. The molecule has 0 saturated carbocycles. The van der Waals surface area contributed by atoms with Crippen LogP contribution in [0.15, 0.2) is 23.8 Å². The molecule has 0 aromatic rings. The van der Waals surface area contributed by atoms with E-state index in [0.717, 1.165) is 6.08 Å². The molecule has 1 unspecified atom stereocenters. The fourth-order valence-electron chi connectivity index (χ4n) is 1.55. The first-order valence-corrected chi connectivity index (χ1v) is 5.63. The first-order chi connectivity index (χ1) is 8.80. The summed E-state index contributed by atoms with van der Waals surface area (Å²) in [6.45, 7) is -0.111. The summed E-state index contributed by atoms with van der Waals surface area (Å²) in [6, 6.07) is 0. The van der Waals surface area contributed by atoms with Crippen LogP contribution in [0, 0.1) is 5.92 Å². The smallest absolute Gasteiger partial charge is 0.412 e. The zero-order valence-corrected chi connectivity index (χ0v) is 9.94. The fourth-order valence-corrected chi connectivity index (χ4v) is 1.55. The lowest BCUT2D eigenvalue weighted by molar-refractivity contribution is -0.148. The summed E-state index contributed by atoms with van der Waals surface area (Å²) in [5.74, 6) is -2.75. The molecule has 0 amide bonds. The number of hydrogen-bond donors (Lipinski definition) is 1. The van der Waals surface area contributed by atoms with Crippen molar-refractivity contribution in [1.82, 2.24) is 0 Å². The highest BCUT2D eigenvalue weighted by Crippen LogP contribution is 2.33. The maximum Gasteiger partial charge on any atom is 0.412 e. The van der Waals surface area contributed by atoms with E-state index >= 15 is 0 Å². The Labute approximate surface area is 107 Å². The number of aliphatic carboxylic acids is 1. The van der Waals surface area contributed by atoms with Gasteiger partial charge in [0.25, 0.3) is 0 Å². The van der Waals surface area contributed by atoms with Crippen LogP contribution in [0.5, 0.6) is 0 Å². The number of alkyl halides is 3. The van der Waals surface area contributed by atoms with Gasteiger partial charge in [0.05, 0.1) is 12.5 Å². The Kier molecular flexibility index (Phi) is 5.14. The average molecular weight is 278 g/mol. The van der Waals surface area contributed by atoms with Crippen molar-refractivity contribution in [2.75, 3.05) is 6.61 Å². The molecule has 1 rings (SSSR count). The van der Waals surface area contributed by atoms with Crippen molar-refractivity contribution in [2.24, 2.45) is 5.92 Å². The number of carbonyl (C=O) groups is 2. The molecule has 1 N–H and O–H groups in total. The Morgan fingerprint density at radius 3 is 2.68 bits per heavy atom. The van der Waals surface area contributed by atoms with E-state index in [1.807, 2.05) is 0 Å². The van der Waals surface area contributed by atoms with E-state index in [-0.39, 0.29) is 19.4 Å². The molecule has 0 aromatic carbocycles. The molecule has 1 aliphatic carbocycles. The van der Waals surface area contributed by atoms with Crippen LogP contribution < -0.4 is 0 Å².